The van der Waals surface area contributed by atoms with Crippen molar-refractivity contribution < 1.29 is 4.79 Å². The molecule has 0 aliphatic rings. The number of rotatable bonds is 2. The number of aromatic nitrogens is 2. The van der Waals surface area contributed by atoms with Gasteiger partial charge in [-0.3, -0.25) is 19.5 Å². The van der Waals surface area contributed by atoms with Crippen molar-refractivity contribution in [2.24, 2.45) is 5.73 Å². The van der Waals surface area contributed by atoms with Gasteiger partial charge in [0.2, 0.25) is 5.91 Å². The van der Waals surface area contributed by atoms with Crippen LogP contribution in [0.15, 0.2) is 33.9 Å². The average molecular weight is 219 g/mol. The monoisotopic (exact) mass is 219 g/mol. The maximum absolute atomic E-state index is 11.8. The summed E-state index contributed by atoms with van der Waals surface area (Å²) in [5, 5.41) is 2.87. The first kappa shape index (κ1) is 10.2. The van der Waals surface area contributed by atoms with Crippen LogP contribution in [-0.2, 0) is 11.3 Å². The molecule has 2 aromatic rings. The molecule has 1 amide bonds. The summed E-state index contributed by atoms with van der Waals surface area (Å²) in [5.74, 6) is -0.687. The first-order valence-corrected chi connectivity index (χ1v) is 4.60. The highest BCUT2D eigenvalue weighted by Gasteiger charge is 2.07. The highest BCUT2D eigenvalue weighted by atomic mass is 16.2. The molecular formula is C10H9N3O3. The predicted molar refractivity (Wildman–Crippen MR) is 58.0 cm³/mol. The van der Waals surface area contributed by atoms with Crippen molar-refractivity contribution in [3.8, 4) is 0 Å². The number of hydrogen-bond donors (Lipinski definition) is 2. The molecule has 6 nitrogen and oxygen atoms in total. The van der Waals surface area contributed by atoms with Crippen LogP contribution in [0.25, 0.3) is 10.8 Å². The van der Waals surface area contributed by atoms with E-state index in [-0.39, 0.29) is 11.9 Å². The SMILES string of the molecule is NC(=O)Cn1[nH]c(=O)c2ccccc2c1=O. The van der Waals surface area contributed by atoms with E-state index >= 15 is 0 Å². The van der Waals surface area contributed by atoms with Crippen LogP contribution in [0.2, 0.25) is 0 Å². The topological polar surface area (TPSA) is 97.9 Å². The summed E-state index contributed by atoms with van der Waals surface area (Å²) in [5.41, 5.74) is 4.11. The fraction of sp³-hybridized carbons (Fsp3) is 0.100. The van der Waals surface area contributed by atoms with Gasteiger partial charge in [-0.1, -0.05) is 12.1 Å². The molecule has 0 unspecified atom stereocenters. The van der Waals surface area contributed by atoms with Gasteiger partial charge in [0.1, 0.15) is 6.54 Å². The normalized spacial score (nSPS) is 10.5. The van der Waals surface area contributed by atoms with E-state index < -0.39 is 17.0 Å². The van der Waals surface area contributed by atoms with Crippen LogP contribution in [0, 0.1) is 0 Å². The first-order chi connectivity index (χ1) is 7.59. The summed E-state index contributed by atoms with van der Waals surface area (Å²) >= 11 is 0. The zero-order chi connectivity index (χ0) is 11.7. The summed E-state index contributed by atoms with van der Waals surface area (Å²) in [6, 6.07) is 6.39. The predicted octanol–water partition coefficient (Wildman–Crippen LogP) is -0.825. The lowest BCUT2D eigenvalue weighted by Gasteiger charge is -2.03. The molecule has 2 rings (SSSR count). The van der Waals surface area contributed by atoms with Crippen molar-refractivity contribution >= 4 is 16.7 Å². The molecular weight excluding hydrogens is 210 g/mol. The van der Waals surface area contributed by atoms with Gasteiger partial charge in [0.15, 0.2) is 0 Å². The van der Waals surface area contributed by atoms with Gasteiger partial charge in [0.25, 0.3) is 11.1 Å². The van der Waals surface area contributed by atoms with E-state index in [9.17, 15) is 14.4 Å². The Balaban J connectivity index is 2.81. The molecule has 0 atom stereocenters. The van der Waals surface area contributed by atoms with E-state index in [0.717, 1.165) is 4.68 Å². The Bertz CT molecular complexity index is 669. The lowest BCUT2D eigenvalue weighted by atomic mass is 10.2. The molecule has 82 valence electrons. The van der Waals surface area contributed by atoms with Gasteiger partial charge in [-0.15, -0.1) is 0 Å². The Morgan fingerprint density at radius 1 is 1.25 bits per heavy atom. The molecule has 0 fully saturated rings. The third kappa shape index (κ3) is 1.60. The van der Waals surface area contributed by atoms with Crippen LogP contribution >= 0.6 is 0 Å². The van der Waals surface area contributed by atoms with E-state index in [1.807, 2.05) is 0 Å². The molecule has 1 heterocycles. The maximum atomic E-state index is 11.8. The maximum Gasteiger partial charge on any atom is 0.273 e. The highest BCUT2D eigenvalue weighted by Crippen LogP contribution is 2.01. The van der Waals surface area contributed by atoms with E-state index in [1.54, 1.807) is 18.2 Å². The van der Waals surface area contributed by atoms with Crippen LogP contribution < -0.4 is 16.9 Å². The second kappa shape index (κ2) is 3.65. The molecule has 0 bridgehead atoms. The number of amides is 1. The molecule has 0 spiro atoms. The Morgan fingerprint density at radius 3 is 2.50 bits per heavy atom. The Hall–Kier alpha value is -2.37. The number of nitrogens with two attached hydrogens (primary N) is 1. The smallest absolute Gasteiger partial charge is 0.273 e. The fourth-order valence-corrected chi connectivity index (χ4v) is 1.51. The van der Waals surface area contributed by atoms with Gasteiger partial charge < -0.3 is 5.73 Å². The number of fused-ring (bicyclic) bond motifs is 1. The van der Waals surface area contributed by atoms with Crippen molar-refractivity contribution in [3.63, 3.8) is 0 Å². The van der Waals surface area contributed by atoms with E-state index in [0.29, 0.717) is 5.39 Å². The van der Waals surface area contributed by atoms with Crippen LogP contribution in [0.3, 0.4) is 0 Å². The highest BCUT2D eigenvalue weighted by molar-refractivity contribution is 5.80. The first-order valence-electron chi connectivity index (χ1n) is 4.60. The van der Waals surface area contributed by atoms with Crippen LogP contribution in [-0.4, -0.2) is 15.7 Å². The van der Waals surface area contributed by atoms with Gasteiger partial charge >= 0.3 is 0 Å². The molecule has 3 N–H and O–H groups in total. The van der Waals surface area contributed by atoms with E-state index in [4.69, 9.17) is 5.73 Å². The van der Waals surface area contributed by atoms with Crippen molar-refractivity contribution in [2.75, 3.05) is 0 Å². The summed E-state index contributed by atoms with van der Waals surface area (Å²) in [7, 11) is 0. The number of nitrogens with zero attached hydrogens (tertiary/aromatic N) is 1. The summed E-state index contributed by atoms with van der Waals surface area (Å²) in [6.45, 7) is -0.334. The minimum Gasteiger partial charge on any atom is -0.368 e. The minimum atomic E-state index is -0.687. The van der Waals surface area contributed by atoms with Crippen molar-refractivity contribution in [1.29, 1.82) is 0 Å². The second-order valence-electron chi connectivity index (χ2n) is 3.34. The molecule has 16 heavy (non-hydrogen) atoms. The molecule has 0 aliphatic carbocycles. The molecule has 6 heteroatoms. The van der Waals surface area contributed by atoms with E-state index in [1.165, 1.54) is 6.07 Å². The second-order valence-corrected chi connectivity index (χ2v) is 3.34. The third-order valence-corrected chi connectivity index (χ3v) is 2.20. The molecule has 1 aromatic carbocycles. The number of carbonyl (C=O) groups excluding carboxylic acids is 1. The van der Waals surface area contributed by atoms with E-state index in [2.05, 4.69) is 5.10 Å². The minimum absolute atomic E-state index is 0.271. The molecule has 0 saturated carbocycles. The van der Waals surface area contributed by atoms with Gasteiger partial charge in [-0.2, -0.15) is 0 Å². The average Bonchev–Trinajstić information content (AvgIpc) is 2.25. The lowest BCUT2D eigenvalue weighted by Crippen LogP contribution is -2.34. The Labute approximate surface area is 89.3 Å². The van der Waals surface area contributed by atoms with Gasteiger partial charge in [-0.25, -0.2) is 4.68 Å². The molecule has 1 aromatic heterocycles. The molecule has 0 saturated heterocycles. The number of primary amides is 1. The zero-order valence-corrected chi connectivity index (χ0v) is 8.27. The zero-order valence-electron chi connectivity index (χ0n) is 8.27. The van der Waals surface area contributed by atoms with Crippen LogP contribution in [0.4, 0.5) is 0 Å². The fourth-order valence-electron chi connectivity index (χ4n) is 1.51. The summed E-state index contributed by atoms with van der Waals surface area (Å²) < 4.78 is 0.910. The third-order valence-electron chi connectivity index (χ3n) is 2.20. The number of H-pyrrole nitrogens is 1. The number of hydrogen-bond acceptors (Lipinski definition) is 3. The Morgan fingerprint density at radius 2 is 1.88 bits per heavy atom. The molecule has 0 aliphatic heterocycles. The summed E-state index contributed by atoms with van der Waals surface area (Å²) in [6.07, 6.45) is 0. The lowest BCUT2D eigenvalue weighted by molar-refractivity contribution is -0.118. The van der Waals surface area contributed by atoms with Gasteiger partial charge in [-0.05, 0) is 12.1 Å². The van der Waals surface area contributed by atoms with Crippen molar-refractivity contribution in [3.05, 3.63) is 45.0 Å². The number of aromatic amines is 1. The van der Waals surface area contributed by atoms with Crippen LogP contribution in [0.1, 0.15) is 0 Å². The number of carbonyl (C=O) groups is 1. The van der Waals surface area contributed by atoms with Crippen molar-refractivity contribution in [1.82, 2.24) is 9.78 Å². The van der Waals surface area contributed by atoms with Gasteiger partial charge in [0.05, 0.1) is 10.8 Å². The summed E-state index contributed by atoms with van der Waals surface area (Å²) in [4.78, 5) is 34.1. The number of benzene rings is 1. The van der Waals surface area contributed by atoms with Crippen molar-refractivity contribution in [2.45, 2.75) is 6.54 Å². The largest absolute Gasteiger partial charge is 0.368 e. The quantitative estimate of drug-likeness (QED) is 0.690. The van der Waals surface area contributed by atoms with Crippen LogP contribution in [0.5, 0.6) is 0 Å². The van der Waals surface area contributed by atoms with Gasteiger partial charge in [0, 0.05) is 0 Å². The standard InChI is InChI=1S/C10H9N3O3/c11-8(14)5-13-10(16)7-4-2-1-3-6(7)9(15)12-13/h1-4H,5H2,(H2,11,14)(H,12,15). The Kier molecular flexibility index (Phi) is 2.32. The molecule has 0 radical (unpaired) electrons. The number of nitrogens with one attached hydrogen (secondary N) is 1.